The zero-order chi connectivity index (χ0) is 42.3. The van der Waals surface area contributed by atoms with Gasteiger partial charge in [-0.15, -0.1) is 6.42 Å². The summed E-state index contributed by atoms with van der Waals surface area (Å²) in [4.78, 5) is 38.9. The number of aromatic nitrogens is 4. The lowest BCUT2D eigenvalue weighted by molar-refractivity contribution is -0.158. The summed E-state index contributed by atoms with van der Waals surface area (Å²) in [7, 11) is -4.56. The van der Waals surface area contributed by atoms with E-state index in [0.29, 0.717) is 6.42 Å². The number of nitrogens with one attached hydrogen (secondary N) is 1. The molecule has 1 aliphatic rings. The van der Waals surface area contributed by atoms with Gasteiger partial charge in [-0.1, -0.05) is 127 Å². The van der Waals surface area contributed by atoms with E-state index in [0.717, 1.165) is 50.5 Å². The number of imidazole rings is 1. The molecule has 1 saturated heterocycles. The minimum atomic E-state index is -4.56. The largest absolute Gasteiger partial charge is 0.464 e. The lowest BCUT2D eigenvalue weighted by atomic mass is 9.98. The Morgan fingerprint density at radius 3 is 2.39 bits per heavy atom. The van der Waals surface area contributed by atoms with Gasteiger partial charge in [0.2, 0.25) is 0 Å². The number of unbranched alkanes of at least 4 members (excludes halogenated alkanes) is 6. The van der Waals surface area contributed by atoms with Crippen LogP contribution < -0.4 is 15.3 Å². The average molecular weight is 835 g/mol. The highest BCUT2D eigenvalue weighted by Gasteiger charge is 2.53. The molecule has 14 nitrogen and oxygen atoms in total. The number of nitrogens with two attached hydrogens (primary N) is 1. The van der Waals surface area contributed by atoms with Crippen molar-refractivity contribution in [3.8, 4) is 18.1 Å². The van der Waals surface area contributed by atoms with E-state index in [1.807, 2.05) is 44.2 Å². The standard InChI is InChI=1S/C43H56FN6O8P/c1-5-9-10-11-12-13-20-25-37(51)56-35-27-36(50-30-46-38-39(45)47-42(44)48-40(38)50)57-43(35,8-4)29-55-59(53,58-33-23-18-15-19-24-33)49-34(26-32-21-16-14-17-22-32)41(52)54-28-31(6-2)7-3/h4,14-19,21-24,30-31,34-36H,5-7,9-13,20,25-29H2,1-3H3,(H,49,53)(H2,45,47,48)/t34?,35?,36?,43?,59-/m0/s1. The highest BCUT2D eigenvalue weighted by atomic mass is 31.2. The molecule has 4 aromatic rings. The second-order valence-electron chi connectivity index (χ2n) is 14.8. The molecule has 2 aromatic heterocycles. The van der Waals surface area contributed by atoms with E-state index in [1.54, 1.807) is 30.3 Å². The van der Waals surface area contributed by atoms with Crippen LogP contribution >= 0.6 is 7.75 Å². The molecule has 0 radical (unpaired) electrons. The van der Waals surface area contributed by atoms with Crippen LogP contribution in [-0.2, 0) is 39.3 Å². The topological polar surface area (TPSA) is 179 Å². The van der Waals surface area contributed by atoms with Gasteiger partial charge in [0.15, 0.2) is 22.6 Å². The number of terminal acetylenes is 1. The van der Waals surface area contributed by atoms with Crippen molar-refractivity contribution >= 4 is 36.7 Å². The number of rotatable bonds is 24. The highest BCUT2D eigenvalue weighted by Crippen LogP contribution is 2.49. The third-order valence-electron chi connectivity index (χ3n) is 10.4. The quantitative estimate of drug-likeness (QED) is 0.0227. The van der Waals surface area contributed by atoms with Crippen molar-refractivity contribution in [2.45, 2.75) is 122 Å². The van der Waals surface area contributed by atoms with Crippen LogP contribution in [0.5, 0.6) is 5.75 Å². The molecule has 1 aliphatic heterocycles. The normalized spacial score (nSPS) is 19.3. The van der Waals surface area contributed by atoms with Crippen molar-refractivity contribution in [3.63, 3.8) is 0 Å². The molecule has 1 fully saturated rings. The molecule has 3 heterocycles. The maximum Gasteiger partial charge on any atom is 0.459 e. The summed E-state index contributed by atoms with van der Waals surface area (Å²) in [5.74, 6) is 1.58. The van der Waals surface area contributed by atoms with Crippen molar-refractivity contribution < 1.29 is 41.8 Å². The number of esters is 2. The number of para-hydroxylation sites is 1. The molecule has 0 spiro atoms. The van der Waals surface area contributed by atoms with E-state index in [2.05, 4.69) is 32.9 Å². The molecule has 16 heteroatoms. The Kier molecular flexibility index (Phi) is 16.8. The second-order valence-corrected chi connectivity index (χ2v) is 16.4. The number of nitrogen functional groups attached to an aromatic ring is 1. The summed E-state index contributed by atoms with van der Waals surface area (Å²) in [6, 6.07) is 16.3. The first-order valence-electron chi connectivity index (χ1n) is 20.5. The molecule has 5 atom stereocenters. The van der Waals surface area contributed by atoms with Crippen LogP contribution in [0.1, 0.15) is 103 Å². The van der Waals surface area contributed by atoms with Crippen molar-refractivity contribution in [2.75, 3.05) is 18.9 Å². The van der Waals surface area contributed by atoms with Crippen LogP contribution in [0, 0.1) is 24.3 Å². The van der Waals surface area contributed by atoms with Gasteiger partial charge in [-0.25, -0.2) is 9.55 Å². The van der Waals surface area contributed by atoms with Crippen molar-refractivity contribution in [2.24, 2.45) is 5.92 Å². The fourth-order valence-electron chi connectivity index (χ4n) is 6.85. The molecular formula is C43H56FN6O8P. The van der Waals surface area contributed by atoms with Gasteiger partial charge >= 0.3 is 25.8 Å². The molecule has 3 N–H and O–H groups in total. The van der Waals surface area contributed by atoms with Gasteiger partial charge in [0.1, 0.15) is 30.7 Å². The van der Waals surface area contributed by atoms with Gasteiger partial charge in [0.25, 0.3) is 0 Å². The molecule has 0 bridgehead atoms. The van der Waals surface area contributed by atoms with Gasteiger partial charge in [-0.05, 0) is 36.5 Å². The van der Waals surface area contributed by atoms with Crippen LogP contribution in [-0.4, -0.2) is 62.4 Å². The number of benzene rings is 2. The molecule has 0 saturated carbocycles. The van der Waals surface area contributed by atoms with Gasteiger partial charge in [-0.3, -0.25) is 18.7 Å². The predicted molar refractivity (Wildman–Crippen MR) is 221 cm³/mol. The Morgan fingerprint density at radius 1 is 1.03 bits per heavy atom. The number of fused-ring (bicyclic) bond motifs is 1. The summed E-state index contributed by atoms with van der Waals surface area (Å²) in [5.41, 5.74) is 4.99. The number of halogens is 1. The maximum atomic E-state index is 15.0. The highest BCUT2D eigenvalue weighted by molar-refractivity contribution is 7.52. The molecule has 0 amide bonds. The number of carbonyl (C=O) groups is 2. The van der Waals surface area contributed by atoms with E-state index in [-0.39, 0.29) is 54.5 Å². The summed E-state index contributed by atoms with van der Waals surface area (Å²) >= 11 is 0. The monoisotopic (exact) mass is 834 g/mol. The molecule has 5 rings (SSSR count). The third-order valence-corrected chi connectivity index (χ3v) is 12.0. The number of ether oxygens (including phenoxy) is 3. The Hall–Kier alpha value is -4.87. The first kappa shape index (κ1) is 45.2. The lowest BCUT2D eigenvalue weighted by Gasteiger charge is -2.31. The van der Waals surface area contributed by atoms with Crippen molar-refractivity contribution in [1.29, 1.82) is 0 Å². The van der Waals surface area contributed by atoms with E-state index >= 15 is 4.57 Å². The van der Waals surface area contributed by atoms with Gasteiger partial charge in [-0.2, -0.15) is 19.4 Å². The van der Waals surface area contributed by atoms with Gasteiger partial charge < -0.3 is 24.5 Å². The summed E-state index contributed by atoms with van der Waals surface area (Å²) in [6.07, 6.45) is 13.1. The minimum absolute atomic E-state index is 0.0253. The third kappa shape index (κ3) is 12.6. The molecule has 0 aliphatic carbocycles. The van der Waals surface area contributed by atoms with E-state index < -0.39 is 56.3 Å². The fraction of sp³-hybridized carbons (Fsp3) is 0.512. The Bertz CT molecular complexity index is 2050. The van der Waals surface area contributed by atoms with Crippen LogP contribution in [0.15, 0.2) is 67.0 Å². The smallest absolute Gasteiger partial charge is 0.459 e. The molecule has 318 valence electrons. The zero-order valence-corrected chi connectivity index (χ0v) is 35.0. The van der Waals surface area contributed by atoms with Crippen molar-refractivity contribution in [3.05, 3.63) is 78.6 Å². The first-order chi connectivity index (χ1) is 28.5. The second kappa shape index (κ2) is 21.9. The van der Waals surface area contributed by atoms with Crippen LogP contribution in [0.4, 0.5) is 10.2 Å². The van der Waals surface area contributed by atoms with Crippen LogP contribution in [0.2, 0.25) is 0 Å². The number of carbonyl (C=O) groups excluding carboxylic acids is 2. The van der Waals surface area contributed by atoms with Crippen LogP contribution in [0.25, 0.3) is 11.2 Å². The van der Waals surface area contributed by atoms with Crippen molar-refractivity contribution in [1.82, 2.24) is 24.6 Å². The fourth-order valence-corrected chi connectivity index (χ4v) is 8.37. The number of hydrogen-bond acceptors (Lipinski definition) is 12. The molecule has 59 heavy (non-hydrogen) atoms. The predicted octanol–water partition coefficient (Wildman–Crippen LogP) is 8.28. The number of anilines is 1. The Morgan fingerprint density at radius 2 is 1.71 bits per heavy atom. The molecular weight excluding hydrogens is 778 g/mol. The van der Waals surface area contributed by atoms with Crippen LogP contribution in [0.3, 0.4) is 0 Å². The Labute approximate surface area is 345 Å². The van der Waals surface area contributed by atoms with Gasteiger partial charge in [0, 0.05) is 12.8 Å². The van der Waals surface area contributed by atoms with Gasteiger partial charge in [0.05, 0.1) is 12.9 Å². The number of hydrogen-bond donors (Lipinski definition) is 2. The van der Waals surface area contributed by atoms with E-state index in [4.69, 9.17) is 35.4 Å². The number of nitrogens with zero attached hydrogens (tertiary/aromatic N) is 4. The maximum absolute atomic E-state index is 15.0. The van der Waals surface area contributed by atoms with E-state index in [1.165, 1.54) is 17.3 Å². The minimum Gasteiger partial charge on any atom is -0.464 e. The summed E-state index contributed by atoms with van der Waals surface area (Å²) in [5, 5.41) is 2.85. The van der Waals surface area contributed by atoms with E-state index in [9.17, 15) is 14.0 Å². The Balaban J connectivity index is 1.44. The SMILES string of the molecule is C#CC1(CO[P@@](=O)(NC(Cc2ccccc2)C(=O)OCC(CC)CC)Oc2ccccc2)OC(n2cnc3c(N)nc(F)nc32)CC1OC(=O)CCCCCCCCC. The molecule has 4 unspecified atom stereocenters. The zero-order valence-electron chi connectivity index (χ0n) is 34.1. The lowest BCUT2D eigenvalue weighted by Crippen LogP contribution is -2.46. The summed E-state index contributed by atoms with van der Waals surface area (Å²) in [6.45, 7) is 5.74. The summed E-state index contributed by atoms with van der Waals surface area (Å²) < 4.78 is 61.3. The average Bonchev–Trinajstić information content (AvgIpc) is 3.82. The first-order valence-corrected chi connectivity index (χ1v) is 22.0. The molecule has 2 aromatic carbocycles.